The van der Waals surface area contributed by atoms with Crippen molar-refractivity contribution in [3.63, 3.8) is 0 Å². The minimum absolute atomic E-state index is 0.252. The Kier molecular flexibility index (Phi) is 2.22. The highest BCUT2D eigenvalue weighted by Gasteiger charge is 2.05. The summed E-state index contributed by atoms with van der Waals surface area (Å²) < 4.78 is 12.9. The topological polar surface area (TPSA) is 29.3 Å². The second-order valence-electron chi connectivity index (χ2n) is 3.05. The first-order chi connectivity index (χ1) is 5.52. The van der Waals surface area contributed by atoms with Gasteiger partial charge < -0.3 is 10.6 Å². The predicted molar refractivity (Wildman–Crippen MR) is 49.9 cm³/mol. The number of nitrogen functional groups attached to an aromatic ring is 1. The van der Waals surface area contributed by atoms with Gasteiger partial charge in [0.2, 0.25) is 0 Å². The molecule has 0 saturated carbocycles. The van der Waals surface area contributed by atoms with Crippen LogP contribution in [0.4, 0.5) is 15.8 Å². The van der Waals surface area contributed by atoms with Crippen LogP contribution < -0.4 is 10.6 Å². The van der Waals surface area contributed by atoms with E-state index >= 15 is 0 Å². The van der Waals surface area contributed by atoms with Crippen LogP contribution in [-0.2, 0) is 0 Å². The van der Waals surface area contributed by atoms with Crippen molar-refractivity contribution in [2.45, 2.75) is 6.92 Å². The van der Waals surface area contributed by atoms with E-state index in [9.17, 15) is 4.39 Å². The molecule has 0 radical (unpaired) electrons. The molecular weight excluding hydrogens is 155 g/mol. The molecule has 0 spiro atoms. The first kappa shape index (κ1) is 8.84. The van der Waals surface area contributed by atoms with Crippen molar-refractivity contribution in [1.82, 2.24) is 0 Å². The van der Waals surface area contributed by atoms with Gasteiger partial charge in [0.15, 0.2) is 0 Å². The van der Waals surface area contributed by atoms with Crippen LogP contribution in [0.15, 0.2) is 12.1 Å². The zero-order valence-electron chi connectivity index (χ0n) is 7.56. The van der Waals surface area contributed by atoms with Crippen LogP contribution in [0.5, 0.6) is 0 Å². The van der Waals surface area contributed by atoms with Gasteiger partial charge in [-0.3, -0.25) is 0 Å². The van der Waals surface area contributed by atoms with Gasteiger partial charge in [0.25, 0.3) is 0 Å². The van der Waals surface area contributed by atoms with Crippen molar-refractivity contribution in [3.05, 3.63) is 23.5 Å². The second kappa shape index (κ2) is 3.01. The molecule has 0 amide bonds. The third-order valence-corrected chi connectivity index (χ3v) is 1.79. The molecule has 0 aliphatic rings. The molecule has 0 atom stereocenters. The van der Waals surface area contributed by atoms with Gasteiger partial charge in [-0.1, -0.05) is 0 Å². The first-order valence-corrected chi connectivity index (χ1v) is 3.75. The Morgan fingerprint density at radius 1 is 1.33 bits per heavy atom. The molecule has 2 N–H and O–H groups in total. The Hall–Kier alpha value is -1.25. The average Bonchev–Trinajstić information content (AvgIpc) is 1.96. The molecule has 0 heterocycles. The minimum atomic E-state index is -0.252. The highest BCUT2D eigenvalue weighted by atomic mass is 19.1. The number of benzene rings is 1. The van der Waals surface area contributed by atoms with E-state index in [1.165, 1.54) is 6.07 Å². The van der Waals surface area contributed by atoms with Gasteiger partial charge in [-0.15, -0.1) is 0 Å². The summed E-state index contributed by atoms with van der Waals surface area (Å²) in [6, 6.07) is 3.09. The van der Waals surface area contributed by atoms with Gasteiger partial charge in [-0.05, 0) is 24.6 Å². The van der Waals surface area contributed by atoms with Crippen molar-refractivity contribution in [3.8, 4) is 0 Å². The Morgan fingerprint density at radius 3 is 2.42 bits per heavy atom. The summed E-state index contributed by atoms with van der Waals surface area (Å²) in [5, 5.41) is 0. The molecule has 1 aromatic carbocycles. The van der Waals surface area contributed by atoms with E-state index in [4.69, 9.17) is 5.73 Å². The number of halogens is 1. The molecule has 0 aliphatic carbocycles. The molecule has 12 heavy (non-hydrogen) atoms. The van der Waals surface area contributed by atoms with E-state index in [1.807, 2.05) is 19.0 Å². The van der Waals surface area contributed by atoms with Crippen LogP contribution in [0.3, 0.4) is 0 Å². The highest BCUT2D eigenvalue weighted by molar-refractivity contribution is 5.68. The molecule has 0 saturated heterocycles. The van der Waals surface area contributed by atoms with Crippen molar-refractivity contribution >= 4 is 11.4 Å². The lowest BCUT2D eigenvalue weighted by Gasteiger charge is -2.15. The number of hydrogen-bond donors (Lipinski definition) is 1. The Balaban J connectivity index is 3.23. The van der Waals surface area contributed by atoms with Gasteiger partial charge in [0.05, 0.1) is 11.4 Å². The van der Waals surface area contributed by atoms with Crippen LogP contribution in [0, 0.1) is 12.7 Å². The minimum Gasteiger partial charge on any atom is -0.397 e. The molecule has 0 unspecified atom stereocenters. The molecule has 1 rings (SSSR count). The first-order valence-electron chi connectivity index (χ1n) is 3.75. The van der Waals surface area contributed by atoms with Gasteiger partial charge in [-0.2, -0.15) is 0 Å². The van der Waals surface area contributed by atoms with Gasteiger partial charge >= 0.3 is 0 Å². The molecule has 0 bridgehead atoms. The van der Waals surface area contributed by atoms with Crippen molar-refractivity contribution in [2.75, 3.05) is 24.7 Å². The maximum atomic E-state index is 12.9. The lowest BCUT2D eigenvalue weighted by atomic mass is 10.1. The lowest BCUT2D eigenvalue weighted by molar-refractivity contribution is 0.619. The molecule has 66 valence electrons. The fraction of sp³-hybridized carbons (Fsp3) is 0.333. The van der Waals surface area contributed by atoms with Gasteiger partial charge in [0.1, 0.15) is 5.82 Å². The third-order valence-electron chi connectivity index (χ3n) is 1.79. The number of rotatable bonds is 1. The predicted octanol–water partition coefficient (Wildman–Crippen LogP) is 1.78. The molecule has 1 aromatic rings. The van der Waals surface area contributed by atoms with Crippen LogP contribution in [0.25, 0.3) is 0 Å². The summed E-state index contributed by atoms with van der Waals surface area (Å²) in [5.41, 5.74) is 7.56. The smallest absolute Gasteiger partial charge is 0.128 e. The Morgan fingerprint density at radius 2 is 1.92 bits per heavy atom. The van der Waals surface area contributed by atoms with E-state index in [1.54, 1.807) is 13.0 Å². The Labute approximate surface area is 71.8 Å². The molecule has 2 nitrogen and oxygen atoms in total. The van der Waals surface area contributed by atoms with E-state index in [0.717, 1.165) is 5.69 Å². The number of nitrogens with two attached hydrogens (primary N) is 1. The van der Waals surface area contributed by atoms with Crippen molar-refractivity contribution < 1.29 is 4.39 Å². The zero-order chi connectivity index (χ0) is 9.30. The zero-order valence-corrected chi connectivity index (χ0v) is 7.56. The van der Waals surface area contributed by atoms with E-state index in [-0.39, 0.29) is 5.82 Å². The number of anilines is 2. The largest absolute Gasteiger partial charge is 0.397 e. The lowest BCUT2D eigenvalue weighted by Crippen LogP contribution is -2.11. The summed E-state index contributed by atoms with van der Waals surface area (Å²) in [6.07, 6.45) is 0. The van der Waals surface area contributed by atoms with Crippen molar-refractivity contribution in [2.24, 2.45) is 0 Å². The fourth-order valence-electron chi connectivity index (χ4n) is 1.07. The van der Waals surface area contributed by atoms with Crippen LogP contribution >= 0.6 is 0 Å². The average molecular weight is 168 g/mol. The fourth-order valence-corrected chi connectivity index (χ4v) is 1.07. The third kappa shape index (κ3) is 1.49. The SMILES string of the molecule is Cc1cc(N(C)C)c(N)cc1F. The molecule has 0 fully saturated rings. The normalized spacial score (nSPS) is 10.0. The summed E-state index contributed by atoms with van der Waals surface area (Å²) in [5.74, 6) is -0.252. The monoisotopic (exact) mass is 168 g/mol. The Bertz CT molecular complexity index is 295. The maximum Gasteiger partial charge on any atom is 0.128 e. The maximum absolute atomic E-state index is 12.9. The van der Waals surface area contributed by atoms with Crippen molar-refractivity contribution in [1.29, 1.82) is 0 Å². The highest BCUT2D eigenvalue weighted by Crippen LogP contribution is 2.24. The van der Waals surface area contributed by atoms with Crippen LogP contribution in [0.1, 0.15) is 5.56 Å². The number of nitrogens with zero attached hydrogens (tertiary/aromatic N) is 1. The van der Waals surface area contributed by atoms with Gasteiger partial charge in [-0.25, -0.2) is 4.39 Å². The summed E-state index contributed by atoms with van der Waals surface area (Å²) in [7, 11) is 3.76. The quantitative estimate of drug-likeness (QED) is 0.648. The standard InChI is InChI=1S/C9H13FN2/c1-6-4-9(12(2)3)8(11)5-7(6)10/h4-5H,11H2,1-3H3. The second-order valence-corrected chi connectivity index (χ2v) is 3.05. The van der Waals surface area contributed by atoms with E-state index in [0.29, 0.717) is 11.3 Å². The summed E-state index contributed by atoms with van der Waals surface area (Å²) >= 11 is 0. The van der Waals surface area contributed by atoms with Crippen LogP contribution in [-0.4, -0.2) is 14.1 Å². The summed E-state index contributed by atoms with van der Waals surface area (Å²) in [6.45, 7) is 1.72. The summed E-state index contributed by atoms with van der Waals surface area (Å²) in [4.78, 5) is 1.86. The molecule has 0 aliphatic heterocycles. The van der Waals surface area contributed by atoms with Gasteiger partial charge in [0, 0.05) is 14.1 Å². The molecule has 3 heteroatoms. The number of hydrogen-bond acceptors (Lipinski definition) is 2. The van der Waals surface area contributed by atoms with E-state index < -0.39 is 0 Å². The van der Waals surface area contributed by atoms with E-state index in [2.05, 4.69) is 0 Å². The number of aryl methyl sites for hydroxylation is 1. The molecule has 0 aromatic heterocycles. The van der Waals surface area contributed by atoms with Crippen LogP contribution in [0.2, 0.25) is 0 Å². The molecular formula is C9H13FN2.